The molecule has 0 saturated heterocycles. The summed E-state index contributed by atoms with van der Waals surface area (Å²) in [6, 6.07) is 24.4. The van der Waals surface area contributed by atoms with Crippen molar-refractivity contribution in [2.45, 2.75) is 32.3 Å². The molecule has 1 atom stereocenters. The van der Waals surface area contributed by atoms with Crippen molar-refractivity contribution in [2.24, 2.45) is 0 Å². The summed E-state index contributed by atoms with van der Waals surface area (Å²) in [5.74, 6) is 1.16. The Bertz CT molecular complexity index is 919. The van der Waals surface area contributed by atoms with E-state index in [1.54, 1.807) is 0 Å². The van der Waals surface area contributed by atoms with Crippen molar-refractivity contribution in [1.82, 2.24) is 0 Å². The summed E-state index contributed by atoms with van der Waals surface area (Å²) < 4.78 is 11.9. The van der Waals surface area contributed by atoms with E-state index in [9.17, 15) is 9.90 Å². The highest BCUT2D eigenvalue weighted by molar-refractivity contribution is 5.73. The van der Waals surface area contributed by atoms with Gasteiger partial charge in [0.15, 0.2) is 6.10 Å². The van der Waals surface area contributed by atoms with Gasteiger partial charge in [0, 0.05) is 6.42 Å². The maximum absolute atomic E-state index is 11.9. The van der Waals surface area contributed by atoms with Crippen LogP contribution in [0.1, 0.15) is 30.9 Å². The number of carbonyl (C=O) groups is 1. The fraction of sp³-hybridized carbons (Fsp3) is 0.208. The summed E-state index contributed by atoms with van der Waals surface area (Å²) >= 11 is 0. The average Bonchev–Trinajstić information content (AvgIpc) is 2.70. The first-order chi connectivity index (χ1) is 13.5. The van der Waals surface area contributed by atoms with Gasteiger partial charge in [-0.1, -0.05) is 68.4 Å². The highest BCUT2D eigenvalue weighted by atomic mass is 16.5. The second-order valence-electron chi connectivity index (χ2n) is 6.86. The second-order valence-corrected chi connectivity index (χ2v) is 6.86. The SMILES string of the molecule is CC(C)c1ccccc1O[C@@H](Cc1ccccc1Oc1ccccc1)C(=O)O. The third-order valence-corrected chi connectivity index (χ3v) is 4.43. The lowest BCUT2D eigenvalue weighted by molar-refractivity contribution is -0.145. The molecule has 0 spiro atoms. The minimum Gasteiger partial charge on any atom is -0.478 e. The molecule has 0 amide bonds. The molecule has 0 bridgehead atoms. The van der Waals surface area contributed by atoms with Gasteiger partial charge in [-0.3, -0.25) is 0 Å². The van der Waals surface area contributed by atoms with Crippen LogP contribution in [0.5, 0.6) is 17.2 Å². The molecule has 0 aliphatic heterocycles. The topological polar surface area (TPSA) is 55.8 Å². The van der Waals surface area contributed by atoms with Crippen LogP contribution in [0.25, 0.3) is 0 Å². The van der Waals surface area contributed by atoms with Gasteiger partial charge in [0.25, 0.3) is 0 Å². The van der Waals surface area contributed by atoms with Crippen LogP contribution in [0.3, 0.4) is 0 Å². The molecule has 1 N–H and O–H groups in total. The lowest BCUT2D eigenvalue weighted by Crippen LogP contribution is -2.30. The fourth-order valence-corrected chi connectivity index (χ4v) is 2.98. The number of carboxylic acids is 1. The normalized spacial score (nSPS) is 11.8. The van der Waals surface area contributed by atoms with Crippen LogP contribution in [-0.2, 0) is 11.2 Å². The van der Waals surface area contributed by atoms with Crippen LogP contribution in [-0.4, -0.2) is 17.2 Å². The van der Waals surface area contributed by atoms with Crippen molar-refractivity contribution in [3.05, 3.63) is 90.0 Å². The van der Waals surface area contributed by atoms with Crippen molar-refractivity contribution in [3.8, 4) is 17.2 Å². The molecule has 4 heteroatoms. The average molecular weight is 376 g/mol. The first kappa shape index (κ1) is 19.5. The van der Waals surface area contributed by atoms with Crippen LogP contribution in [0.4, 0.5) is 0 Å². The molecule has 4 nitrogen and oxygen atoms in total. The van der Waals surface area contributed by atoms with E-state index in [2.05, 4.69) is 13.8 Å². The molecule has 0 aromatic heterocycles. The maximum atomic E-state index is 11.9. The molecule has 3 aromatic carbocycles. The monoisotopic (exact) mass is 376 g/mol. The summed E-state index contributed by atoms with van der Waals surface area (Å²) in [5.41, 5.74) is 1.77. The zero-order valence-electron chi connectivity index (χ0n) is 16.0. The maximum Gasteiger partial charge on any atom is 0.345 e. The molecule has 144 valence electrons. The van der Waals surface area contributed by atoms with Gasteiger partial charge in [-0.25, -0.2) is 4.79 Å². The lowest BCUT2D eigenvalue weighted by Gasteiger charge is -2.20. The van der Waals surface area contributed by atoms with Gasteiger partial charge in [0.1, 0.15) is 17.2 Å². The predicted octanol–water partition coefficient (Wildman–Crippen LogP) is 5.68. The standard InChI is InChI=1S/C24H24O4/c1-17(2)20-13-7-9-15-22(20)28-23(24(25)26)16-18-10-6-8-14-21(18)27-19-11-4-3-5-12-19/h3-15,17,23H,16H2,1-2H3,(H,25,26)/t23-/m0/s1. The van der Waals surface area contributed by atoms with Crippen molar-refractivity contribution in [1.29, 1.82) is 0 Å². The van der Waals surface area contributed by atoms with E-state index in [1.165, 1.54) is 0 Å². The van der Waals surface area contributed by atoms with Gasteiger partial charge in [-0.2, -0.15) is 0 Å². The van der Waals surface area contributed by atoms with E-state index >= 15 is 0 Å². The Kier molecular flexibility index (Phi) is 6.33. The van der Waals surface area contributed by atoms with Crippen LogP contribution >= 0.6 is 0 Å². The van der Waals surface area contributed by atoms with Gasteiger partial charge >= 0.3 is 5.97 Å². The molecule has 0 unspecified atom stereocenters. The minimum atomic E-state index is -1.01. The number of hydrogen-bond acceptors (Lipinski definition) is 3. The number of hydrogen-bond donors (Lipinski definition) is 1. The number of aliphatic carboxylic acids is 1. The van der Waals surface area contributed by atoms with Crippen molar-refractivity contribution < 1.29 is 19.4 Å². The van der Waals surface area contributed by atoms with Crippen molar-refractivity contribution >= 4 is 5.97 Å². The molecule has 3 aromatic rings. The molecule has 0 saturated carbocycles. The number of carboxylic acid groups (broad SMARTS) is 1. The van der Waals surface area contributed by atoms with Crippen LogP contribution in [0.15, 0.2) is 78.9 Å². The Balaban J connectivity index is 1.83. The molecule has 0 fully saturated rings. The largest absolute Gasteiger partial charge is 0.478 e. The molecular weight excluding hydrogens is 352 g/mol. The van der Waals surface area contributed by atoms with Crippen LogP contribution < -0.4 is 9.47 Å². The first-order valence-corrected chi connectivity index (χ1v) is 9.34. The second kappa shape index (κ2) is 9.09. The third kappa shape index (κ3) is 4.92. The zero-order chi connectivity index (χ0) is 19.9. The van der Waals surface area contributed by atoms with E-state index < -0.39 is 12.1 Å². The zero-order valence-corrected chi connectivity index (χ0v) is 16.0. The quantitative estimate of drug-likeness (QED) is 0.550. The van der Waals surface area contributed by atoms with Crippen LogP contribution in [0.2, 0.25) is 0 Å². The highest BCUT2D eigenvalue weighted by Gasteiger charge is 2.23. The van der Waals surface area contributed by atoms with E-state index in [-0.39, 0.29) is 12.3 Å². The van der Waals surface area contributed by atoms with E-state index in [1.807, 2.05) is 78.9 Å². The van der Waals surface area contributed by atoms with E-state index in [0.717, 1.165) is 11.1 Å². The smallest absolute Gasteiger partial charge is 0.345 e. The Morgan fingerprint density at radius 2 is 1.46 bits per heavy atom. The number of para-hydroxylation sites is 3. The third-order valence-electron chi connectivity index (χ3n) is 4.43. The lowest BCUT2D eigenvalue weighted by atomic mass is 10.0. The molecule has 3 rings (SSSR count). The summed E-state index contributed by atoms with van der Waals surface area (Å²) in [5, 5.41) is 9.74. The Labute approximate surface area is 165 Å². The van der Waals surface area contributed by atoms with Crippen molar-refractivity contribution in [3.63, 3.8) is 0 Å². The molecule has 28 heavy (non-hydrogen) atoms. The summed E-state index contributed by atoms with van der Waals surface area (Å²) in [6.07, 6.45) is -0.814. The summed E-state index contributed by atoms with van der Waals surface area (Å²) in [7, 11) is 0. The van der Waals surface area contributed by atoms with E-state index in [0.29, 0.717) is 17.2 Å². The number of ether oxygens (including phenoxy) is 2. The van der Waals surface area contributed by atoms with E-state index in [4.69, 9.17) is 9.47 Å². The predicted molar refractivity (Wildman–Crippen MR) is 109 cm³/mol. The molecule has 0 radical (unpaired) electrons. The Hall–Kier alpha value is -3.27. The highest BCUT2D eigenvalue weighted by Crippen LogP contribution is 2.30. The van der Waals surface area contributed by atoms with Gasteiger partial charge in [-0.05, 0) is 41.3 Å². The molecule has 0 heterocycles. The Morgan fingerprint density at radius 1 is 0.857 bits per heavy atom. The van der Waals surface area contributed by atoms with Gasteiger partial charge in [-0.15, -0.1) is 0 Å². The minimum absolute atomic E-state index is 0.199. The van der Waals surface area contributed by atoms with Gasteiger partial charge in [0.05, 0.1) is 0 Å². The summed E-state index contributed by atoms with van der Waals surface area (Å²) in [6.45, 7) is 4.11. The number of benzene rings is 3. The van der Waals surface area contributed by atoms with Gasteiger partial charge < -0.3 is 14.6 Å². The first-order valence-electron chi connectivity index (χ1n) is 9.34. The molecular formula is C24H24O4. The number of rotatable bonds is 8. The molecule has 0 aliphatic carbocycles. The molecule has 0 aliphatic rings. The van der Waals surface area contributed by atoms with Crippen LogP contribution in [0, 0.1) is 0 Å². The van der Waals surface area contributed by atoms with Gasteiger partial charge in [0.2, 0.25) is 0 Å². The Morgan fingerprint density at radius 3 is 2.14 bits per heavy atom. The van der Waals surface area contributed by atoms with Crippen molar-refractivity contribution in [2.75, 3.05) is 0 Å². The summed E-state index contributed by atoms with van der Waals surface area (Å²) in [4.78, 5) is 11.9. The fourth-order valence-electron chi connectivity index (χ4n) is 2.98.